The molecule has 0 radical (unpaired) electrons. The van der Waals surface area contributed by atoms with Gasteiger partial charge in [-0.15, -0.1) is 0 Å². The molecule has 7 heteroatoms. The minimum absolute atomic E-state index is 0.0226. The average Bonchev–Trinajstić information content (AvgIpc) is 2.89. The number of carbonyl (C=O) groups is 2. The van der Waals surface area contributed by atoms with Crippen LogP contribution in [0, 0.1) is 0 Å². The Morgan fingerprint density at radius 3 is 2.34 bits per heavy atom. The molecule has 0 atom stereocenters. The van der Waals surface area contributed by atoms with Crippen molar-refractivity contribution in [2.45, 2.75) is 6.54 Å². The fraction of sp³-hybridized carbons (Fsp3) is 0.214. The summed E-state index contributed by atoms with van der Waals surface area (Å²) in [6, 6.07) is 25.3. The van der Waals surface area contributed by atoms with Crippen LogP contribution in [0.25, 0.3) is 6.08 Å². The van der Waals surface area contributed by atoms with E-state index in [4.69, 9.17) is 4.74 Å². The van der Waals surface area contributed by atoms with Gasteiger partial charge >= 0.3 is 0 Å². The number of hydrogen-bond donors (Lipinski definition) is 0. The lowest BCUT2D eigenvalue weighted by molar-refractivity contribution is -0.133. The van der Waals surface area contributed by atoms with Crippen LogP contribution in [0.5, 0.6) is 5.75 Å². The summed E-state index contributed by atoms with van der Waals surface area (Å²) in [6.07, 6.45) is 1.71. The molecule has 1 fully saturated rings. The lowest BCUT2D eigenvalue weighted by Crippen LogP contribution is -2.52. The van der Waals surface area contributed by atoms with E-state index in [1.807, 2.05) is 71.6 Å². The molecule has 1 saturated heterocycles. The van der Waals surface area contributed by atoms with Gasteiger partial charge in [0.2, 0.25) is 5.91 Å². The topological polar surface area (TPSA) is 53.1 Å². The van der Waals surface area contributed by atoms with Crippen molar-refractivity contribution in [2.24, 2.45) is 0 Å². The van der Waals surface area contributed by atoms with E-state index in [-0.39, 0.29) is 24.1 Å². The van der Waals surface area contributed by atoms with Gasteiger partial charge in [-0.3, -0.25) is 19.4 Å². The number of halogens is 1. The third-order valence-electron chi connectivity index (χ3n) is 6.29. The number of nitrogens with zero attached hydrogens (tertiary/aromatic N) is 3. The first-order valence-corrected chi connectivity index (χ1v) is 12.5. The van der Waals surface area contributed by atoms with E-state index in [1.165, 1.54) is 10.5 Å². The zero-order valence-electron chi connectivity index (χ0n) is 19.3. The molecular weight excluding hydrogens is 506 g/mol. The van der Waals surface area contributed by atoms with Gasteiger partial charge in [0, 0.05) is 37.2 Å². The number of ether oxygens (including phenoxy) is 1. The van der Waals surface area contributed by atoms with E-state index >= 15 is 0 Å². The largest absolute Gasteiger partial charge is 0.449 e. The summed E-state index contributed by atoms with van der Waals surface area (Å²) in [6.45, 7) is 3.76. The van der Waals surface area contributed by atoms with E-state index in [1.54, 1.807) is 6.08 Å². The standard InChI is InChI=1S/C28H26BrN3O3/c29-23-11-5-4-10-22(23)18-26-28(34)32(24-12-6-7-13-25(24)35-26)20-27(33)31-16-14-30(15-17-31)19-21-8-2-1-3-9-21/h1-13,18H,14-17,19-20H2/b26-18+. The molecule has 0 aromatic heterocycles. The van der Waals surface area contributed by atoms with Gasteiger partial charge < -0.3 is 9.64 Å². The predicted octanol–water partition coefficient (Wildman–Crippen LogP) is 4.56. The lowest BCUT2D eigenvalue weighted by Gasteiger charge is -2.36. The zero-order chi connectivity index (χ0) is 24.2. The molecule has 3 aromatic carbocycles. The van der Waals surface area contributed by atoms with Crippen molar-refractivity contribution >= 4 is 39.5 Å². The molecule has 0 N–H and O–H groups in total. The highest BCUT2D eigenvalue weighted by Gasteiger charge is 2.33. The smallest absolute Gasteiger partial charge is 0.294 e. The van der Waals surface area contributed by atoms with Crippen LogP contribution in [0.4, 0.5) is 5.69 Å². The Morgan fingerprint density at radius 2 is 1.57 bits per heavy atom. The Balaban J connectivity index is 1.29. The van der Waals surface area contributed by atoms with Crippen molar-refractivity contribution in [2.75, 3.05) is 37.6 Å². The number of benzene rings is 3. The number of para-hydroxylation sites is 2. The van der Waals surface area contributed by atoms with E-state index < -0.39 is 0 Å². The van der Waals surface area contributed by atoms with Gasteiger partial charge in [-0.25, -0.2) is 0 Å². The number of rotatable bonds is 5. The molecular formula is C28H26BrN3O3. The summed E-state index contributed by atoms with van der Waals surface area (Å²) in [5.74, 6) is 0.368. The first-order valence-electron chi connectivity index (χ1n) is 11.7. The zero-order valence-corrected chi connectivity index (χ0v) is 20.9. The summed E-state index contributed by atoms with van der Waals surface area (Å²) in [7, 11) is 0. The Kier molecular flexibility index (Phi) is 6.97. The van der Waals surface area contributed by atoms with Gasteiger partial charge in [-0.1, -0.05) is 76.6 Å². The first-order chi connectivity index (χ1) is 17.1. The van der Waals surface area contributed by atoms with Crippen molar-refractivity contribution in [3.63, 3.8) is 0 Å². The molecule has 5 rings (SSSR count). The maximum absolute atomic E-state index is 13.4. The lowest BCUT2D eigenvalue weighted by atomic mass is 10.1. The monoisotopic (exact) mass is 531 g/mol. The molecule has 0 bridgehead atoms. The van der Waals surface area contributed by atoms with Crippen LogP contribution in [0.3, 0.4) is 0 Å². The van der Waals surface area contributed by atoms with E-state index in [2.05, 4.69) is 33.0 Å². The third kappa shape index (κ3) is 5.31. The fourth-order valence-electron chi connectivity index (χ4n) is 4.38. The van der Waals surface area contributed by atoms with Crippen molar-refractivity contribution < 1.29 is 14.3 Å². The highest BCUT2D eigenvalue weighted by molar-refractivity contribution is 9.10. The number of hydrogen-bond acceptors (Lipinski definition) is 4. The Hall–Kier alpha value is -3.42. The average molecular weight is 532 g/mol. The van der Waals surface area contributed by atoms with E-state index in [9.17, 15) is 9.59 Å². The number of piperazine rings is 1. The minimum atomic E-state index is -0.324. The van der Waals surface area contributed by atoms with Gasteiger partial charge in [0.1, 0.15) is 6.54 Å². The Bertz CT molecular complexity index is 1250. The molecule has 0 unspecified atom stereocenters. The van der Waals surface area contributed by atoms with Crippen LogP contribution in [0.1, 0.15) is 11.1 Å². The molecule has 3 aromatic rings. The molecule has 2 aliphatic rings. The van der Waals surface area contributed by atoms with E-state index in [0.29, 0.717) is 24.5 Å². The summed E-state index contributed by atoms with van der Waals surface area (Å²) in [5, 5.41) is 0. The van der Waals surface area contributed by atoms with Crippen LogP contribution < -0.4 is 9.64 Å². The molecule has 178 valence electrons. The van der Waals surface area contributed by atoms with Gasteiger partial charge in [0.05, 0.1) is 5.69 Å². The van der Waals surface area contributed by atoms with Crippen LogP contribution >= 0.6 is 15.9 Å². The fourth-order valence-corrected chi connectivity index (χ4v) is 4.78. The van der Waals surface area contributed by atoms with Gasteiger partial charge in [-0.2, -0.15) is 0 Å². The van der Waals surface area contributed by atoms with Crippen molar-refractivity contribution in [1.82, 2.24) is 9.80 Å². The second kappa shape index (κ2) is 10.5. The molecule has 0 aliphatic carbocycles. The minimum Gasteiger partial charge on any atom is -0.449 e. The van der Waals surface area contributed by atoms with Crippen molar-refractivity contribution in [3.8, 4) is 5.75 Å². The number of carbonyl (C=O) groups excluding carboxylic acids is 2. The summed E-state index contributed by atoms with van der Waals surface area (Å²) in [5.41, 5.74) is 2.71. The highest BCUT2D eigenvalue weighted by Crippen LogP contribution is 2.36. The summed E-state index contributed by atoms with van der Waals surface area (Å²) >= 11 is 3.52. The second-order valence-electron chi connectivity index (χ2n) is 8.63. The van der Waals surface area contributed by atoms with Crippen molar-refractivity contribution in [3.05, 3.63) is 100 Å². The summed E-state index contributed by atoms with van der Waals surface area (Å²) < 4.78 is 6.81. The maximum Gasteiger partial charge on any atom is 0.294 e. The van der Waals surface area contributed by atoms with Gasteiger partial charge in [0.15, 0.2) is 11.5 Å². The molecule has 35 heavy (non-hydrogen) atoms. The molecule has 0 saturated carbocycles. The number of amides is 2. The van der Waals surface area contributed by atoms with Crippen LogP contribution in [-0.4, -0.2) is 54.3 Å². The van der Waals surface area contributed by atoms with Crippen LogP contribution in [0.2, 0.25) is 0 Å². The van der Waals surface area contributed by atoms with Gasteiger partial charge in [-0.05, 0) is 35.4 Å². The maximum atomic E-state index is 13.4. The molecule has 6 nitrogen and oxygen atoms in total. The highest BCUT2D eigenvalue weighted by atomic mass is 79.9. The van der Waals surface area contributed by atoms with Crippen molar-refractivity contribution in [1.29, 1.82) is 0 Å². The quantitative estimate of drug-likeness (QED) is 0.453. The normalized spacial score (nSPS) is 17.3. The number of fused-ring (bicyclic) bond motifs is 1. The SMILES string of the molecule is O=C(CN1C(=O)/C(=C\c2ccccc2Br)Oc2ccccc21)N1CCN(Cc2ccccc2)CC1. The predicted molar refractivity (Wildman–Crippen MR) is 140 cm³/mol. The van der Waals surface area contributed by atoms with Crippen LogP contribution in [-0.2, 0) is 16.1 Å². The molecule has 2 aliphatic heterocycles. The first kappa shape index (κ1) is 23.3. The molecule has 2 amide bonds. The summed E-state index contributed by atoms with van der Waals surface area (Å²) in [4.78, 5) is 32.4. The molecule has 2 heterocycles. The Labute approximate surface area is 213 Å². The second-order valence-corrected chi connectivity index (χ2v) is 9.49. The molecule has 0 spiro atoms. The number of anilines is 1. The third-order valence-corrected chi connectivity index (χ3v) is 7.01. The van der Waals surface area contributed by atoms with Crippen LogP contribution in [0.15, 0.2) is 89.1 Å². The van der Waals surface area contributed by atoms with E-state index in [0.717, 1.165) is 29.7 Å². The Morgan fingerprint density at radius 1 is 0.886 bits per heavy atom. The van der Waals surface area contributed by atoms with Gasteiger partial charge in [0.25, 0.3) is 5.91 Å².